The Kier molecular flexibility index (Phi) is 1.15. The van der Waals surface area contributed by atoms with Crippen LogP contribution in [0.25, 0.3) is 0 Å². The molecule has 1 aromatic heterocycles. The summed E-state index contributed by atoms with van der Waals surface area (Å²) in [6.45, 7) is 0. The van der Waals surface area contributed by atoms with Crippen LogP contribution in [0.1, 0.15) is 0 Å². The summed E-state index contributed by atoms with van der Waals surface area (Å²) in [6.07, 6.45) is -1.39. The molecule has 0 bridgehead atoms. The molecule has 0 aliphatic rings. The maximum atomic E-state index is 11.4. The second-order valence-electron chi connectivity index (χ2n) is 1.20. The van der Waals surface area contributed by atoms with Gasteiger partial charge >= 0.3 is 6.30 Å². The van der Waals surface area contributed by atoms with Gasteiger partial charge in [0.05, 0.1) is 0 Å². The molecular weight excluding hydrogens is 135 g/mol. The van der Waals surface area contributed by atoms with Crippen molar-refractivity contribution in [2.75, 3.05) is 0 Å². The van der Waals surface area contributed by atoms with Crippen LogP contribution >= 0.6 is 0 Å². The Bertz CT molecular complexity index is 177. The van der Waals surface area contributed by atoms with E-state index in [9.17, 15) is 13.2 Å². The minimum absolute atomic E-state index is 0.285. The van der Waals surface area contributed by atoms with Crippen LogP contribution in [-0.4, -0.2) is 14.8 Å². The molecule has 0 amide bonds. The molecule has 0 atom stereocenters. The van der Waals surface area contributed by atoms with Crippen molar-refractivity contribution >= 4 is 0 Å². The zero-order valence-corrected chi connectivity index (χ0v) is 3.98. The van der Waals surface area contributed by atoms with Crippen LogP contribution in [-0.2, 0) is 6.30 Å². The molecule has 6 heteroatoms. The first-order valence-corrected chi connectivity index (χ1v) is 1.88. The van der Waals surface area contributed by atoms with Crippen molar-refractivity contribution in [1.29, 1.82) is 0 Å². The number of aromatic nitrogens is 3. The molecule has 0 unspecified atom stereocenters. The molecule has 0 spiro atoms. The van der Waals surface area contributed by atoms with Crippen molar-refractivity contribution in [2.24, 2.45) is 0 Å². The molecule has 0 aromatic carbocycles. The van der Waals surface area contributed by atoms with Crippen molar-refractivity contribution in [2.45, 2.75) is 6.30 Å². The lowest BCUT2D eigenvalue weighted by Crippen LogP contribution is -2.14. The van der Waals surface area contributed by atoms with Crippen molar-refractivity contribution in [3.8, 4) is 0 Å². The van der Waals surface area contributed by atoms with Crippen LogP contribution in [0.3, 0.4) is 0 Å². The molecular formula is C3F3N3. The highest BCUT2D eigenvalue weighted by Gasteiger charge is 2.30. The van der Waals surface area contributed by atoms with Crippen molar-refractivity contribution in [3.05, 3.63) is 12.7 Å². The Balaban J connectivity index is 2.90. The van der Waals surface area contributed by atoms with Gasteiger partial charge in [-0.2, -0.15) is 0 Å². The summed E-state index contributed by atoms with van der Waals surface area (Å²) in [5, 5.41) is 5.60. The highest BCUT2D eigenvalue weighted by atomic mass is 19.4. The van der Waals surface area contributed by atoms with Gasteiger partial charge in [0.15, 0.2) is 0 Å². The highest BCUT2D eigenvalue weighted by Crippen LogP contribution is 2.19. The number of hydrogen-bond donors (Lipinski definition) is 0. The maximum absolute atomic E-state index is 11.4. The lowest BCUT2D eigenvalue weighted by Gasteiger charge is -2.01. The van der Waals surface area contributed by atoms with E-state index in [-0.39, 0.29) is 4.57 Å². The average molecular weight is 135 g/mol. The van der Waals surface area contributed by atoms with Crippen molar-refractivity contribution in [3.63, 3.8) is 0 Å². The fourth-order valence-electron chi connectivity index (χ4n) is 0.270. The number of rotatable bonds is 0. The minimum atomic E-state index is -4.50. The first-order chi connectivity index (χ1) is 4.11. The van der Waals surface area contributed by atoms with Gasteiger partial charge in [0.25, 0.3) is 0 Å². The molecule has 0 aliphatic carbocycles. The van der Waals surface area contributed by atoms with E-state index in [0.717, 1.165) is 0 Å². The van der Waals surface area contributed by atoms with E-state index < -0.39 is 6.30 Å². The highest BCUT2D eigenvalue weighted by molar-refractivity contribution is 4.58. The first kappa shape index (κ1) is 6.06. The molecule has 48 valence electrons. The third-order valence-electron chi connectivity index (χ3n) is 0.593. The molecule has 0 N–H and O–H groups in total. The predicted octanol–water partition coefficient (Wildman–Crippen LogP) is 0.355. The SMILES string of the molecule is FC(F)(F)n1[c]nn[c]1. The molecule has 0 saturated heterocycles. The molecule has 0 aliphatic heterocycles. The van der Waals surface area contributed by atoms with Crippen LogP contribution in [0.2, 0.25) is 0 Å². The molecule has 9 heavy (non-hydrogen) atoms. The van der Waals surface area contributed by atoms with Gasteiger partial charge in [-0.3, -0.25) is 0 Å². The number of nitrogens with zero attached hydrogens (tertiary/aromatic N) is 3. The van der Waals surface area contributed by atoms with Gasteiger partial charge < -0.3 is 0 Å². The second-order valence-corrected chi connectivity index (χ2v) is 1.20. The van der Waals surface area contributed by atoms with Gasteiger partial charge in [0, 0.05) is 0 Å². The Morgan fingerprint density at radius 3 is 1.78 bits per heavy atom. The van der Waals surface area contributed by atoms with E-state index in [2.05, 4.69) is 10.2 Å². The van der Waals surface area contributed by atoms with E-state index in [1.807, 2.05) is 0 Å². The minimum Gasteiger partial charge on any atom is -0.209 e. The molecule has 1 aromatic rings. The quantitative estimate of drug-likeness (QED) is 0.514. The summed E-state index contributed by atoms with van der Waals surface area (Å²) >= 11 is 0. The molecule has 1 heterocycles. The summed E-state index contributed by atoms with van der Waals surface area (Å²) in [5.41, 5.74) is 0. The summed E-state index contributed by atoms with van der Waals surface area (Å²) in [5.74, 6) is 0. The van der Waals surface area contributed by atoms with Gasteiger partial charge in [0.2, 0.25) is 12.7 Å². The van der Waals surface area contributed by atoms with Gasteiger partial charge in [0.1, 0.15) is 0 Å². The summed E-state index contributed by atoms with van der Waals surface area (Å²) in [7, 11) is 0. The van der Waals surface area contributed by atoms with Crippen LogP contribution in [0.4, 0.5) is 13.2 Å². The van der Waals surface area contributed by atoms with Crippen LogP contribution < -0.4 is 0 Å². The number of alkyl halides is 3. The number of hydrogen-bond acceptors (Lipinski definition) is 2. The third kappa shape index (κ3) is 1.18. The zero-order chi connectivity index (χ0) is 6.91. The summed E-state index contributed by atoms with van der Waals surface area (Å²) < 4.78 is 34.0. The normalized spacial score (nSPS) is 11.9. The van der Waals surface area contributed by atoms with Crippen molar-refractivity contribution in [1.82, 2.24) is 14.8 Å². The van der Waals surface area contributed by atoms with Crippen molar-refractivity contribution < 1.29 is 13.2 Å². The van der Waals surface area contributed by atoms with E-state index in [1.165, 1.54) is 0 Å². The molecule has 1 rings (SSSR count). The van der Waals surface area contributed by atoms with Crippen LogP contribution in [0.15, 0.2) is 0 Å². The van der Waals surface area contributed by atoms with Crippen LogP contribution in [0.5, 0.6) is 0 Å². The number of halogens is 3. The molecule has 3 nitrogen and oxygen atoms in total. The maximum Gasteiger partial charge on any atom is 0.492 e. The zero-order valence-electron chi connectivity index (χ0n) is 3.98. The van der Waals surface area contributed by atoms with E-state index >= 15 is 0 Å². The molecule has 2 radical (unpaired) electrons. The van der Waals surface area contributed by atoms with Gasteiger partial charge in [-0.1, -0.05) is 0 Å². The lowest BCUT2D eigenvalue weighted by atomic mass is 11.0. The average Bonchev–Trinajstić information content (AvgIpc) is 2.08. The van der Waals surface area contributed by atoms with E-state index in [0.29, 0.717) is 0 Å². The molecule has 0 fully saturated rings. The van der Waals surface area contributed by atoms with Gasteiger partial charge in [-0.15, -0.1) is 23.4 Å². The Morgan fingerprint density at radius 1 is 1.11 bits per heavy atom. The third-order valence-corrected chi connectivity index (χ3v) is 0.593. The summed E-state index contributed by atoms with van der Waals surface area (Å²) in [6, 6.07) is 0. The molecule has 0 saturated carbocycles. The van der Waals surface area contributed by atoms with Crippen LogP contribution in [0, 0.1) is 12.7 Å². The van der Waals surface area contributed by atoms with Gasteiger partial charge in [-0.25, -0.2) is 4.57 Å². The smallest absolute Gasteiger partial charge is 0.209 e. The Morgan fingerprint density at radius 2 is 1.56 bits per heavy atom. The Hall–Kier alpha value is -1.07. The monoisotopic (exact) mass is 135 g/mol. The largest absolute Gasteiger partial charge is 0.492 e. The first-order valence-electron chi connectivity index (χ1n) is 1.88. The topological polar surface area (TPSA) is 30.7 Å². The van der Waals surface area contributed by atoms with E-state index in [4.69, 9.17) is 0 Å². The fraction of sp³-hybridized carbons (Fsp3) is 0.333. The lowest BCUT2D eigenvalue weighted by molar-refractivity contribution is -0.205. The van der Waals surface area contributed by atoms with E-state index in [1.54, 1.807) is 12.7 Å². The Labute approximate surface area is 48.1 Å². The standard InChI is InChI=1S/C3F3N3/c4-3(5,6)9-1-7-8-2-9. The predicted molar refractivity (Wildman–Crippen MR) is 19.0 cm³/mol. The fourth-order valence-corrected chi connectivity index (χ4v) is 0.270. The summed E-state index contributed by atoms with van der Waals surface area (Å²) in [4.78, 5) is 0. The van der Waals surface area contributed by atoms with Gasteiger partial charge in [-0.05, 0) is 0 Å². The second kappa shape index (κ2) is 1.71.